The quantitative estimate of drug-likeness (QED) is 0.214. The zero-order chi connectivity index (χ0) is 37.6. The Morgan fingerprint density at radius 3 is 2.47 bits per heavy atom. The van der Waals surface area contributed by atoms with E-state index in [-0.39, 0.29) is 60.0 Å². The molecular formula is C34H34FN7O9S2. The molecule has 4 aliphatic heterocycles. The minimum Gasteiger partial charge on any atom is -0.506 e. The molecule has 1 aromatic heterocycles. The van der Waals surface area contributed by atoms with Gasteiger partial charge < -0.3 is 10.0 Å². The van der Waals surface area contributed by atoms with E-state index in [9.17, 15) is 41.1 Å². The van der Waals surface area contributed by atoms with Crippen molar-refractivity contribution in [2.45, 2.75) is 24.8 Å². The second kappa shape index (κ2) is 12.5. The number of hydrogen-bond acceptors (Lipinski definition) is 10. The first kappa shape index (κ1) is 34.9. The molecule has 0 aliphatic carbocycles. The van der Waals surface area contributed by atoms with Crippen LogP contribution in [-0.4, -0.2) is 103 Å². The number of anilines is 1. The first-order valence-electron chi connectivity index (χ1n) is 16.8. The van der Waals surface area contributed by atoms with Gasteiger partial charge in [-0.05, 0) is 52.8 Å². The molecule has 0 saturated carbocycles. The number of carbonyl (C=O) groups is 3. The molecule has 0 bridgehead atoms. The Labute approximate surface area is 302 Å². The molecule has 1 unspecified atom stereocenters. The summed E-state index contributed by atoms with van der Waals surface area (Å²) >= 11 is 0. The number of nitrogens with one attached hydrogen (secondary N) is 2. The zero-order valence-corrected chi connectivity index (χ0v) is 29.9. The van der Waals surface area contributed by atoms with Gasteiger partial charge in [-0.1, -0.05) is 24.3 Å². The number of phenols is 1. The van der Waals surface area contributed by atoms with Crippen LogP contribution < -0.4 is 20.0 Å². The lowest BCUT2D eigenvalue weighted by molar-refractivity contribution is -0.135. The van der Waals surface area contributed by atoms with Gasteiger partial charge in [0.1, 0.15) is 24.0 Å². The van der Waals surface area contributed by atoms with Crippen molar-refractivity contribution in [2.75, 3.05) is 49.3 Å². The Balaban J connectivity index is 0.905. The van der Waals surface area contributed by atoms with Crippen LogP contribution >= 0.6 is 0 Å². The fraction of sp³-hybridized carbons (Fsp3) is 0.353. The lowest BCUT2D eigenvalue weighted by atomic mass is 9.91. The Morgan fingerprint density at radius 1 is 0.981 bits per heavy atom. The monoisotopic (exact) mass is 767 g/mol. The van der Waals surface area contributed by atoms with Crippen molar-refractivity contribution in [3.63, 3.8) is 0 Å². The average Bonchev–Trinajstić information content (AvgIpc) is 3.75. The van der Waals surface area contributed by atoms with Gasteiger partial charge in [-0.3, -0.25) is 28.8 Å². The number of halogens is 1. The topological polar surface area (TPSA) is 200 Å². The number of likely N-dealkylation sites (tertiary alicyclic amines) is 1. The average molecular weight is 768 g/mol. The van der Waals surface area contributed by atoms with E-state index in [1.807, 2.05) is 23.1 Å². The number of phenolic OH excluding ortho intramolecular Hbond substituents is 1. The molecule has 1 atom stereocenters. The molecule has 0 radical (unpaired) electrons. The number of carbonyl (C=O) groups excluding carboxylic acids is 3. The second-order valence-electron chi connectivity index (χ2n) is 13.8. The zero-order valence-electron chi connectivity index (χ0n) is 28.3. The molecule has 0 spiro atoms. The van der Waals surface area contributed by atoms with Crippen LogP contribution in [0.5, 0.6) is 5.75 Å². The first-order chi connectivity index (χ1) is 25.1. The van der Waals surface area contributed by atoms with Crippen LogP contribution in [0, 0.1) is 5.82 Å². The predicted molar refractivity (Wildman–Crippen MR) is 191 cm³/mol. The van der Waals surface area contributed by atoms with Crippen LogP contribution in [0.3, 0.4) is 0 Å². The summed E-state index contributed by atoms with van der Waals surface area (Å²) in [6, 6.07) is 10.8. The summed E-state index contributed by atoms with van der Waals surface area (Å²) in [5.41, 5.74) is 2.41. The van der Waals surface area contributed by atoms with Crippen LogP contribution in [0.2, 0.25) is 0 Å². The fourth-order valence-corrected chi connectivity index (χ4v) is 10.1. The van der Waals surface area contributed by atoms with Crippen molar-refractivity contribution < 1.29 is 40.7 Å². The minimum atomic E-state index is -4.38. The van der Waals surface area contributed by atoms with E-state index in [4.69, 9.17) is 0 Å². The van der Waals surface area contributed by atoms with E-state index >= 15 is 4.39 Å². The van der Waals surface area contributed by atoms with Crippen LogP contribution in [0.4, 0.5) is 10.1 Å². The van der Waals surface area contributed by atoms with Crippen molar-refractivity contribution in [2.24, 2.45) is 7.05 Å². The molecule has 5 heterocycles. The molecule has 53 heavy (non-hydrogen) atoms. The summed E-state index contributed by atoms with van der Waals surface area (Å²) in [5.74, 6) is -3.40. The van der Waals surface area contributed by atoms with Gasteiger partial charge in [0.25, 0.3) is 5.91 Å². The summed E-state index contributed by atoms with van der Waals surface area (Å²) in [5, 5.41) is 13.1. The third kappa shape index (κ3) is 5.96. The molecule has 19 heteroatoms. The number of benzene rings is 3. The number of fused-ring (bicyclic) bond motifs is 2. The summed E-state index contributed by atoms with van der Waals surface area (Å²) in [7, 11) is -6.42. The largest absolute Gasteiger partial charge is 0.506 e. The van der Waals surface area contributed by atoms with Gasteiger partial charge in [0, 0.05) is 57.5 Å². The lowest BCUT2D eigenvalue weighted by Gasteiger charge is -2.39. The van der Waals surface area contributed by atoms with Crippen molar-refractivity contribution in [1.82, 2.24) is 28.4 Å². The maximum atomic E-state index is 15.8. The SMILES string of the molecule is Cn1c(=O)n(C2CCC(=O)NC2=O)c2ccc(C3CN(CCS(=O)(=O)N4CC=C(c5ccc6cc(O)c(N7CC(=O)NS7(=O)=O)c(F)c6c5)C4)C3)cc21. The number of imide groups is 1. The van der Waals surface area contributed by atoms with Crippen molar-refractivity contribution in [3.05, 3.63) is 76.0 Å². The van der Waals surface area contributed by atoms with Crippen molar-refractivity contribution in [3.8, 4) is 5.75 Å². The Morgan fingerprint density at radius 2 is 1.75 bits per heavy atom. The molecule has 4 aromatic rings. The Kier molecular flexibility index (Phi) is 8.24. The van der Waals surface area contributed by atoms with Gasteiger partial charge in [0.05, 0.1) is 16.8 Å². The molecular weight excluding hydrogens is 734 g/mol. The lowest BCUT2D eigenvalue weighted by Crippen LogP contribution is -2.48. The number of imidazole rings is 1. The highest BCUT2D eigenvalue weighted by atomic mass is 32.2. The van der Waals surface area contributed by atoms with E-state index in [1.165, 1.54) is 25.6 Å². The van der Waals surface area contributed by atoms with E-state index in [0.717, 1.165) is 5.56 Å². The Bertz CT molecular complexity index is 2600. The highest BCUT2D eigenvalue weighted by Gasteiger charge is 2.38. The predicted octanol–water partition coefficient (Wildman–Crippen LogP) is 0.625. The number of hydrogen-bond donors (Lipinski definition) is 3. The van der Waals surface area contributed by atoms with Gasteiger partial charge in [0.2, 0.25) is 21.8 Å². The van der Waals surface area contributed by atoms with Crippen LogP contribution in [0.15, 0.2) is 53.3 Å². The maximum Gasteiger partial charge on any atom is 0.329 e. The number of aromatic hydroxyl groups is 1. The normalized spacial score (nSPS) is 21.3. The van der Waals surface area contributed by atoms with E-state index in [1.54, 1.807) is 30.0 Å². The van der Waals surface area contributed by atoms with E-state index < -0.39 is 61.9 Å². The number of aromatic nitrogens is 2. The summed E-state index contributed by atoms with van der Waals surface area (Å²) in [6.45, 7) is 1.04. The number of piperidine rings is 1. The first-order valence-corrected chi connectivity index (χ1v) is 19.9. The highest BCUT2D eigenvalue weighted by Crippen LogP contribution is 2.39. The van der Waals surface area contributed by atoms with Gasteiger partial charge in [0.15, 0.2) is 5.82 Å². The molecule has 4 aliphatic rings. The number of amides is 3. The third-order valence-corrected chi connectivity index (χ3v) is 13.6. The van der Waals surface area contributed by atoms with Crippen molar-refractivity contribution in [1.29, 1.82) is 0 Å². The van der Waals surface area contributed by atoms with Gasteiger partial charge in [-0.15, -0.1) is 0 Å². The van der Waals surface area contributed by atoms with Gasteiger partial charge in [-0.25, -0.2) is 26.6 Å². The highest BCUT2D eigenvalue weighted by molar-refractivity contribution is 7.92. The summed E-state index contributed by atoms with van der Waals surface area (Å²) in [6.07, 6.45) is 2.14. The minimum absolute atomic E-state index is 0.00681. The molecule has 3 fully saturated rings. The van der Waals surface area contributed by atoms with Crippen LogP contribution in [0.25, 0.3) is 27.4 Å². The van der Waals surface area contributed by atoms with Gasteiger partial charge in [-0.2, -0.15) is 12.7 Å². The summed E-state index contributed by atoms with van der Waals surface area (Å²) in [4.78, 5) is 51.0. The smallest absolute Gasteiger partial charge is 0.329 e. The molecule has 3 amide bonds. The Hall–Kier alpha value is -5.11. The van der Waals surface area contributed by atoms with Crippen LogP contribution in [0.1, 0.15) is 35.9 Å². The molecule has 278 valence electrons. The number of sulfonamides is 1. The van der Waals surface area contributed by atoms with Crippen LogP contribution in [-0.2, 0) is 41.7 Å². The second-order valence-corrected chi connectivity index (χ2v) is 17.4. The molecule has 3 saturated heterocycles. The number of nitrogens with zero attached hydrogens (tertiary/aromatic N) is 5. The van der Waals surface area contributed by atoms with Gasteiger partial charge >= 0.3 is 15.9 Å². The summed E-state index contributed by atoms with van der Waals surface area (Å²) < 4.78 is 73.7. The van der Waals surface area contributed by atoms with Crippen molar-refractivity contribution >= 4 is 71.0 Å². The third-order valence-electron chi connectivity index (χ3n) is 10.5. The molecule has 3 aromatic carbocycles. The van der Waals surface area contributed by atoms with E-state index in [2.05, 4.69) is 5.32 Å². The maximum absolute atomic E-state index is 15.8. The molecule has 8 rings (SSSR count). The standard InChI is InChI=1S/C34H34FN7O9S2/c1-38-27-13-20(4-5-25(27)42(34(38)47)26-6-7-29(44)36-33(26)46)23-15-39(16-23)10-11-52(48,49)40-9-8-22(17-40)19-2-3-21-14-28(43)32(31(35)24(21)12-19)41-18-30(45)37-53(41,50)51/h2-5,8,12-14,23,26,43H,6-7,9-11,15-18H2,1H3,(H,37,45)(H,36,44,46). The number of rotatable bonds is 8. The fourth-order valence-electron chi connectivity index (χ4n) is 7.56. The van der Waals surface area contributed by atoms with E-state index in [0.29, 0.717) is 46.1 Å². The number of aryl methyl sites for hydroxylation is 1. The molecule has 3 N–H and O–H groups in total. The molecule has 16 nitrogen and oxygen atoms in total.